The second-order valence-corrected chi connectivity index (χ2v) is 14.3. The van der Waals surface area contributed by atoms with E-state index >= 15 is 0 Å². The Kier molecular flexibility index (Phi) is 5.72. The fourth-order valence-corrected chi connectivity index (χ4v) is 10.4. The Morgan fingerprint density at radius 3 is 1.45 bits per heavy atom. The summed E-state index contributed by atoms with van der Waals surface area (Å²) >= 11 is 7.84. The van der Waals surface area contributed by atoms with Gasteiger partial charge in [0, 0.05) is 60.6 Å². The summed E-state index contributed by atoms with van der Waals surface area (Å²) in [5.74, 6) is -0.383. The number of thiophene rings is 4. The van der Waals surface area contributed by atoms with Gasteiger partial charge in [0.2, 0.25) is 0 Å². The summed E-state index contributed by atoms with van der Waals surface area (Å²) in [6, 6.07) is 25.1. The Labute approximate surface area is 247 Å². The van der Waals surface area contributed by atoms with E-state index < -0.39 is 0 Å². The third kappa shape index (κ3) is 3.95. The summed E-state index contributed by atoms with van der Waals surface area (Å²) < 4.78 is 42.8. The number of aromatic nitrogens is 2. The summed E-state index contributed by atoms with van der Waals surface area (Å²) in [6.45, 7) is 1.90. The minimum absolute atomic E-state index is 0.183. The highest BCUT2D eigenvalue weighted by atomic mass is 32.1. The van der Waals surface area contributed by atoms with Gasteiger partial charge in [-0.1, -0.05) is 42.5 Å². The molecule has 2 nitrogen and oxygen atoms in total. The SMILES string of the molecule is Cc1ccc(-c2cc3sc(-c4ccc(-c5cc6sc(-c7ccccc7F)cc6s5)c5nsnc45)cc3s2)c(F)c1. The standard InChI is InChI=1S/C31H16F2N2S5/c1-15-6-7-17(21(33)10-15)23-12-27-29(37-23)14-25(39-27)19-9-8-18(30-31(19)35-40-34-30)24-13-28-26(38-24)11-22(36-28)16-4-2-3-5-20(16)32/h2-14H,1H3. The van der Waals surface area contributed by atoms with Crippen molar-refractivity contribution in [2.75, 3.05) is 0 Å². The van der Waals surface area contributed by atoms with Gasteiger partial charge in [0.25, 0.3) is 0 Å². The summed E-state index contributed by atoms with van der Waals surface area (Å²) in [5.41, 5.74) is 6.11. The molecule has 0 spiro atoms. The van der Waals surface area contributed by atoms with Crippen molar-refractivity contribution >= 4 is 86.9 Å². The molecule has 5 heterocycles. The fraction of sp³-hybridized carbons (Fsp3) is 0.0323. The first-order valence-electron chi connectivity index (χ1n) is 12.4. The van der Waals surface area contributed by atoms with Crippen LogP contribution in [0.4, 0.5) is 8.78 Å². The van der Waals surface area contributed by atoms with E-state index in [1.54, 1.807) is 57.5 Å². The second kappa shape index (κ2) is 9.36. The number of rotatable bonds is 4. The summed E-state index contributed by atoms with van der Waals surface area (Å²) in [4.78, 5) is 4.13. The van der Waals surface area contributed by atoms with Gasteiger partial charge >= 0.3 is 0 Å². The Morgan fingerprint density at radius 1 is 0.500 bits per heavy atom. The highest BCUT2D eigenvalue weighted by molar-refractivity contribution is 7.31. The first kappa shape index (κ1) is 24.5. The van der Waals surface area contributed by atoms with Gasteiger partial charge in [-0.15, -0.1) is 45.3 Å². The molecule has 40 heavy (non-hydrogen) atoms. The molecule has 0 aliphatic carbocycles. The van der Waals surface area contributed by atoms with E-state index in [1.807, 2.05) is 31.2 Å². The fourth-order valence-electron chi connectivity index (χ4n) is 4.95. The van der Waals surface area contributed by atoms with Crippen LogP contribution in [0, 0.1) is 18.6 Å². The van der Waals surface area contributed by atoms with Crippen LogP contribution in [0.2, 0.25) is 0 Å². The molecule has 0 unspecified atom stereocenters. The summed E-state index contributed by atoms with van der Waals surface area (Å²) in [6.07, 6.45) is 0. The zero-order chi connectivity index (χ0) is 27.0. The van der Waals surface area contributed by atoms with Gasteiger partial charge in [-0.3, -0.25) is 0 Å². The zero-order valence-electron chi connectivity index (χ0n) is 20.7. The smallest absolute Gasteiger partial charge is 0.132 e. The van der Waals surface area contributed by atoms with Gasteiger partial charge in [-0.2, -0.15) is 8.75 Å². The van der Waals surface area contributed by atoms with Crippen LogP contribution in [0.5, 0.6) is 0 Å². The van der Waals surface area contributed by atoms with Crippen LogP contribution in [0.3, 0.4) is 0 Å². The first-order chi connectivity index (χ1) is 19.5. The lowest BCUT2D eigenvalue weighted by Crippen LogP contribution is -1.82. The first-order valence-corrected chi connectivity index (χ1v) is 16.4. The lowest BCUT2D eigenvalue weighted by Gasteiger charge is -2.03. The third-order valence-electron chi connectivity index (χ3n) is 6.89. The van der Waals surface area contributed by atoms with Crippen molar-refractivity contribution in [1.29, 1.82) is 0 Å². The van der Waals surface area contributed by atoms with Crippen molar-refractivity contribution in [2.24, 2.45) is 0 Å². The van der Waals surface area contributed by atoms with Crippen molar-refractivity contribution in [3.63, 3.8) is 0 Å². The summed E-state index contributed by atoms with van der Waals surface area (Å²) in [5, 5.41) is 0. The monoisotopic (exact) mass is 614 g/mol. The molecule has 0 bridgehead atoms. The molecule has 0 radical (unpaired) electrons. The largest absolute Gasteiger partial charge is 0.206 e. The highest BCUT2D eigenvalue weighted by Gasteiger charge is 2.19. The predicted octanol–water partition coefficient (Wildman–Crippen LogP) is 11.5. The molecule has 0 saturated carbocycles. The number of nitrogens with zero attached hydrogens (tertiary/aromatic N) is 2. The predicted molar refractivity (Wildman–Crippen MR) is 170 cm³/mol. The molecule has 0 saturated heterocycles. The van der Waals surface area contributed by atoms with Crippen LogP contribution in [0.15, 0.2) is 78.9 Å². The zero-order valence-corrected chi connectivity index (χ0v) is 24.8. The Hall–Kier alpha value is -3.34. The van der Waals surface area contributed by atoms with E-state index in [-0.39, 0.29) is 11.6 Å². The van der Waals surface area contributed by atoms with Gasteiger partial charge in [-0.25, -0.2) is 8.78 Å². The normalized spacial score (nSPS) is 11.9. The highest BCUT2D eigenvalue weighted by Crippen LogP contribution is 2.47. The molecule has 3 aromatic carbocycles. The topological polar surface area (TPSA) is 25.8 Å². The third-order valence-corrected chi connectivity index (χ3v) is 12.1. The molecule has 0 aliphatic heterocycles. The van der Waals surface area contributed by atoms with E-state index in [4.69, 9.17) is 0 Å². The number of halogens is 2. The molecule has 0 fully saturated rings. The number of aryl methyl sites for hydroxylation is 1. The molecule has 5 aromatic heterocycles. The average Bonchev–Trinajstić information content (AvgIpc) is 3.74. The maximum absolute atomic E-state index is 14.6. The van der Waals surface area contributed by atoms with Gasteiger partial charge in [0.15, 0.2) is 0 Å². The van der Waals surface area contributed by atoms with Crippen LogP contribution in [-0.2, 0) is 0 Å². The molecule has 9 heteroatoms. The van der Waals surface area contributed by atoms with E-state index in [1.165, 1.54) is 17.8 Å². The molecule has 0 atom stereocenters. The molecule has 194 valence electrons. The minimum Gasteiger partial charge on any atom is -0.206 e. The molecule has 0 N–H and O–H groups in total. The number of fused-ring (bicyclic) bond motifs is 3. The van der Waals surface area contributed by atoms with Crippen molar-refractivity contribution in [1.82, 2.24) is 8.75 Å². The molecular formula is C31H16F2N2S5. The van der Waals surface area contributed by atoms with Crippen LogP contribution < -0.4 is 0 Å². The lowest BCUT2D eigenvalue weighted by molar-refractivity contribution is 0.630. The van der Waals surface area contributed by atoms with Crippen LogP contribution in [0.1, 0.15) is 5.56 Å². The second-order valence-electron chi connectivity index (χ2n) is 9.48. The van der Waals surface area contributed by atoms with Crippen LogP contribution >= 0.6 is 57.1 Å². The number of hydrogen-bond acceptors (Lipinski definition) is 7. The molecule has 8 rings (SSSR count). The van der Waals surface area contributed by atoms with E-state index in [2.05, 4.69) is 45.1 Å². The molecule has 0 aliphatic rings. The quantitative estimate of drug-likeness (QED) is 0.197. The van der Waals surface area contributed by atoms with Crippen LogP contribution in [-0.4, -0.2) is 8.75 Å². The van der Waals surface area contributed by atoms with E-state index in [0.717, 1.165) is 66.0 Å². The van der Waals surface area contributed by atoms with Crippen molar-refractivity contribution in [3.8, 4) is 41.8 Å². The van der Waals surface area contributed by atoms with Gasteiger partial charge in [-0.05, 0) is 48.9 Å². The van der Waals surface area contributed by atoms with Crippen molar-refractivity contribution in [2.45, 2.75) is 6.92 Å². The minimum atomic E-state index is -0.200. The summed E-state index contributed by atoms with van der Waals surface area (Å²) in [7, 11) is 0. The molecule has 8 aromatic rings. The van der Waals surface area contributed by atoms with E-state index in [9.17, 15) is 8.78 Å². The number of benzene rings is 3. The maximum atomic E-state index is 14.6. The number of hydrogen-bond donors (Lipinski definition) is 0. The van der Waals surface area contributed by atoms with Gasteiger partial charge < -0.3 is 0 Å². The molecule has 0 amide bonds. The van der Waals surface area contributed by atoms with Gasteiger partial charge in [0.1, 0.15) is 22.7 Å². The Bertz CT molecular complexity index is 2170. The average molecular weight is 615 g/mol. The lowest BCUT2D eigenvalue weighted by atomic mass is 10.1. The Morgan fingerprint density at radius 2 is 0.950 bits per heavy atom. The van der Waals surface area contributed by atoms with Crippen LogP contribution in [0.25, 0.3) is 71.6 Å². The van der Waals surface area contributed by atoms with Crippen molar-refractivity contribution < 1.29 is 8.78 Å². The van der Waals surface area contributed by atoms with E-state index in [0.29, 0.717) is 11.1 Å². The van der Waals surface area contributed by atoms with Crippen molar-refractivity contribution in [3.05, 3.63) is 96.1 Å². The molecular weight excluding hydrogens is 599 g/mol. The maximum Gasteiger partial charge on any atom is 0.132 e. The Balaban J connectivity index is 1.16. The van der Waals surface area contributed by atoms with Gasteiger partial charge in [0.05, 0.1) is 11.7 Å².